The minimum absolute atomic E-state index is 0.164. The Morgan fingerprint density at radius 1 is 1.00 bits per heavy atom. The maximum absolute atomic E-state index is 12.5. The van der Waals surface area contributed by atoms with E-state index >= 15 is 0 Å². The second-order valence-corrected chi connectivity index (χ2v) is 7.66. The highest BCUT2D eigenvalue weighted by Crippen LogP contribution is 2.24. The van der Waals surface area contributed by atoms with Gasteiger partial charge in [-0.15, -0.1) is 0 Å². The van der Waals surface area contributed by atoms with Gasteiger partial charge in [0.25, 0.3) is 11.8 Å². The van der Waals surface area contributed by atoms with E-state index in [1.165, 1.54) is 21.1 Å². The smallest absolute Gasteiger partial charge is 0.261 e. The Kier molecular flexibility index (Phi) is 4.89. The highest BCUT2D eigenvalue weighted by atomic mass is 35.5. The predicted molar refractivity (Wildman–Crippen MR) is 106 cm³/mol. The molecule has 2 aromatic carbocycles. The number of nitrogens with zero attached hydrogens (tertiary/aromatic N) is 2. The van der Waals surface area contributed by atoms with Gasteiger partial charge in [-0.25, -0.2) is 0 Å². The van der Waals surface area contributed by atoms with Crippen LogP contribution in [-0.2, 0) is 0 Å². The van der Waals surface area contributed by atoms with Crippen molar-refractivity contribution < 1.29 is 14.5 Å². The molecule has 2 aromatic rings. The van der Waals surface area contributed by atoms with E-state index in [9.17, 15) is 9.59 Å². The number of imide groups is 1. The Morgan fingerprint density at radius 2 is 1.63 bits per heavy atom. The normalized spacial score (nSPS) is 17.6. The largest absolute Gasteiger partial charge is 0.360 e. The van der Waals surface area contributed by atoms with Crippen LogP contribution < -0.4 is 9.80 Å². The molecule has 5 nitrogen and oxygen atoms in total. The van der Waals surface area contributed by atoms with E-state index in [2.05, 4.69) is 17.9 Å². The number of halogens is 1. The van der Waals surface area contributed by atoms with Gasteiger partial charge in [-0.2, -0.15) is 0 Å². The molecule has 2 aliphatic heterocycles. The van der Waals surface area contributed by atoms with Crippen molar-refractivity contribution in [2.45, 2.75) is 6.92 Å². The lowest BCUT2D eigenvalue weighted by Gasteiger charge is -2.35. The second kappa shape index (κ2) is 7.33. The summed E-state index contributed by atoms with van der Waals surface area (Å²) >= 11 is 6.15. The van der Waals surface area contributed by atoms with E-state index in [4.69, 9.17) is 11.6 Å². The highest BCUT2D eigenvalue weighted by molar-refractivity contribution is 6.30. The van der Waals surface area contributed by atoms with Crippen LogP contribution in [0.4, 0.5) is 5.69 Å². The summed E-state index contributed by atoms with van der Waals surface area (Å²) in [6.07, 6.45) is 0. The van der Waals surface area contributed by atoms with Gasteiger partial charge in [0.15, 0.2) is 0 Å². The van der Waals surface area contributed by atoms with Crippen LogP contribution in [0.5, 0.6) is 0 Å². The number of anilines is 1. The fraction of sp³-hybridized carbons (Fsp3) is 0.333. The first kappa shape index (κ1) is 18.0. The number of rotatable bonds is 4. The van der Waals surface area contributed by atoms with Crippen molar-refractivity contribution >= 4 is 29.1 Å². The predicted octanol–water partition coefficient (Wildman–Crippen LogP) is 1.65. The van der Waals surface area contributed by atoms with Crippen LogP contribution in [0.2, 0.25) is 5.02 Å². The van der Waals surface area contributed by atoms with E-state index in [-0.39, 0.29) is 11.8 Å². The zero-order valence-corrected chi connectivity index (χ0v) is 16.1. The molecule has 0 saturated carbocycles. The summed E-state index contributed by atoms with van der Waals surface area (Å²) in [4.78, 5) is 30.1. The van der Waals surface area contributed by atoms with E-state index in [0.29, 0.717) is 17.7 Å². The molecule has 2 amide bonds. The molecule has 0 atom stereocenters. The number of piperazine rings is 1. The lowest BCUT2D eigenvalue weighted by molar-refractivity contribution is -0.899. The number of carbonyl (C=O) groups excluding carboxylic acids is 2. The lowest BCUT2D eigenvalue weighted by Crippen LogP contribution is -3.15. The first-order valence-corrected chi connectivity index (χ1v) is 9.72. The van der Waals surface area contributed by atoms with Crippen molar-refractivity contribution in [1.29, 1.82) is 0 Å². The molecule has 1 saturated heterocycles. The maximum atomic E-state index is 12.5. The van der Waals surface area contributed by atoms with Gasteiger partial charge in [-0.05, 0) is 36.8 Å². The fourth-order valence-electron chi connectivity index (χ4n) is 3.95. The molecular weight excluding hydrogens is 362 g/mol. The van der Waals surface area contributed by atoms with Crippen LogP contribution in [0.25, 0.3) is 0 Å². The molecule has 27 heavy (non-hydrogen) atoms. The molecule has 140 valence electrons. The van der Waals surface area contributed by atoms with Crippen LogP contribution in [0, 0.1) is 6.92 Å². The SMILES string of the molecule is Cc1ccc(Cl)cc1N1CC[NH+](CCN2C(=O)c3ccccc3C2=O)CC1. The zero-order valence-electron chi connectivity index (χ0n) is 15.4. The summed E-state index contributed by atoms with van der Waals surface area (Å²) in [6.45, 7) is 7.21. The quantitative estimate of drug-likeness (QED) is 0.815. The molecule has 2 aliphatic rings. The van der Waals surface area contributed by atoms with Crippen molar-refractivity contribution in [3.8, 4) is 0 Å². The molecule has 0 radical (unpaired) electrons. The molecule has 0 aromatic heterocycles. The molecule has 4 rings (SSSR count). The highest BCUT2D eigenvalue weighted by Gasteiger charge is 2.35. The second-order valence-electron chi connectivity index (χ2n) is 7.23. The van der Waals surface area contributed by atoms with E-state index in [1.54, 1.807) is 24.3 Å². The Bertz CT molecular complexity index is 856. The minimum Gasteiger partial charge on any atom is -0.360 e. The van der Waals surface area contributed by atoms with Gasteiger partial charge in [0.05, 0.1) is 50.4 Å². The third-order valence-corrected chi connectivity index (χ3v) is 5.78. The fourth-order valence-corrected chi connectivity index (χ4v) is 4.12. The number of hydrogen-bond acceptors (Lipinski definition) is 3. The van der Waals surface area contributed by atoms with Crippen molar-refractivity contribution in [2.75, 3.05) is 44.2 Å². The molecule has 1 fully saturated rings. The summed E-state index contributed by atoms with van der Waals surface area (Å²) in [7, 11) is 0. The number of hydrogen-bond donors (Lipinski definition) is 1. The zero-order chi connectivity index (χ0) is 19.0. The maximum Gasteiger partial charge on any atom is 0.261 e. The Hall–Kier alpha value is -2.37. The van der Waals surface area contributed by atoms with Crippen molar-refractivity contribution in [3.05, 3.63) is 64.2 Å². The van der Waals surface area contributed by atoms with Crippen LogP contribution in [0.3, 0.4) is 0 Å². The van der Waals surface area contributed by atoms with Crippen molar-refractivity contribution in [3.63, 3.8) is 0 Å². The number of benzene rings is 2. The topological polar surface area (TPSA) is 45.1 Å². The van der Waals surface area contributed by atoms with Gasteiger partial charge in [0.1, 0.15) is 0 Å². The third kappa shape index (κ3) is 3.45. The van der Waals surface area contributed by atoms with Crippen LogP contribution in [-0.4, -0.2) is 56.0 Å². The molecule has 0 bridgehead atoms. The molecular formula is C21H23ClN3O2+. The number of carbonyl (C=O) groups is 2. The molecule has 1 N–H and O–H groups in total. The van der Waals surface area contributed by atoms with E-state index < -0.39 is 0 Å². The number of nitrogens with one attached hydrogen (secondary N) is 1. The number of aryl methyl sites for hydroxylation is 1. The van der Waals surface area contributed by atoms with Gasteiger partial charge < -0.3 is 9.80 Å². The Balaban J connectivity index is 1.34. The summed E-state index contributed by atoms with van der Waals surface area (Å²) in [5, 5.41) is 0.760. The Labute approximate surface area is 164 Å². The van der Waals surface area contributed by atoms with E-state index in [0.717, 1.165) is 37.7 Å². The van der Waals surface area contributed by atoms with Crippen LogP contribution in [0.15, 0.2) is 42.5 Å². The van der Waals surface area contributed by atoms with Gasteiger partial charge in [0, 0.05) is 10.7 Å². The van der Waals surface area contributed by atoms with Gasteiger partial charge in [-0.3, -0.25) is 14.5 Å². The number of quaternary nitrogens is 1. The van der Waals surface area contributed by atoms with Crippen molar-refractivity contribution in [1.82, 2.24) is 4.90 Å². The van der Waals surface area contributed by atoms with Crippen LogP contribution >= 0.6 is 11.6 Å². The van der Waals surface area contributed by atoms with E-state index in [1.807, 2.05) is 12.1 Å². The molecule has 0 spiro atoms. The average molecular weight is 385 g/mol. The molecule has 0 unspecified atom stereocenters. The number of fused-ring (bicyclic) bond motifs is 1. The first-order chi connectivity index (χ1) is 13.0. The lowest BCUT2D eigenvalue weighted by atomic mass is 10.1. The van der Waals surface area contributed by atoms with Crippen LogP contribution in [0.1, 0.15) is 26.3 Å². The van der Waals surface area contributed by atoms with Gasteiger partial charge >= 0.3 is 0 Å². The summed E-state index contributed by atoms with van der Waals surface area (Å²) in [6, 6.07) is 13.1. The summed E-state index contributed by atoms with van der Waals surface area (Å²) in [5.74, 6) is -0.327. The first-order valence-electron chi connectivity index (χ1n) is 9.34. The number of amides is 2. The monoisotopic (exact) mass is 384 g/mol. The summed E-state index contributed by atoms with van der Waals surface area (Å²) in [5.41, 5.74) is 3.48. The molecule has 6 heteroatoms. The standard InChI is InChI=1S/C21H22ClN3O2/c1-15-6-7-16(22)14-19(15)24-11-8-23(9-12-24)10-13-25-20(26)17-4-2-3-5-18(17)21(25)27/h2-7,14H,8-13H2,1H3/p+1. The molecule has 0 aliphatic carbocycles. The van der Waals surface area contributed by atoms with Gasteiger partial charge in [0.2, 0.25) is 0 Å². The minimum atomic E-state index is -0.164. The molecule has 2 heterocycles. The Morgan fingerprint density at radius 3 is 2.26 bits per heavy atom. The third-order valence-electron chi connectivity index (χ3n) is 5.55. The van der Waals surface area contributed by atoms with Crippen molar-refractivity contribution in [2.24, 2.45) is 0 Å². The summed E-state index contributed by atoms with van der Waals surface area (Å²) < 4.78 is 0. The van der Waals surface area contributed by atoms with Gasteiger partial charge in [-0.1, -0.05) is 29.8 Å². The average Bonchev–Trinajstić information content (AvgIpc) is 2.93.